The summed E-state index contributed by atoms with van der Waals surface area (Å²) in [5.41, 5.74) is 6.76. The number of halogens is 1. The first-order valence-corrected chi connectivity index (χ1v) is 7.58. The van der Waals surface area contributed by atoms with Crippen molar-refractivity contribution in [3.63, 3.8) is 0 Å². The number of hydrogen-bond acceptors (Lipinski definition) is 3. The maximum absolute atomic E-state index is 12.3. The van der Waals surface area contributed by atoms with Gasteiger partial charge in [0.2, 0.25) is 0 Å². The van der Waals surface area contributed by atoms with E-state index in [-0.39, 0.29) is 6.01 Å². The third-order valence-electron chi connectivity index (χ3n) is 2.32. The molecule has 0 heterocycles. The second-order valence-corrected chi connectivity index (χ2v) is 5.37. The van der Waals surface area contributed by atoms with Crippen molar-refractivity contribution >= 4 is 23.5 Å². The number of hydrogen-bond donors (Lipinski definition) is 1. The van der Waals surface area contributed by atoms with E-state index in [0.29, 0.717) is 0 Å². The quantitative estimate of drug-likeness (QED) is 0.597. The smallest absolute Gasteiger partial charge is 0.139 e. The van der Waals surface area contributed by atoms with Crippen LogP contribution in [0.15, 0.2) is 28.0 Å². The van der Waals surface area contributed by atoms with Crippen molar-refractivity contribution in [3.8, 4) is 0 Å². The van der Waals surface area contributed by atoms with Gasteiger partial charge in [-0.3, -0.25) is 0 Å². The molecular weight excluding hydrogens is 241 g/mol. The van der Waals surface area contributed by atoms with Crippen LogP contribution in [0.3, 0.4) is 0 Å². The SMILES string of the molecule is CSc1cc(CCCCN)cc(SCF)c1. The molecule has 0 bridgehead atoms. The van der Waals surface area contributed by atoms with Gasteiger partial charge in [0.1, 0.15) is 6.01 Å². The summed E-state index contributed by atoms with van der Waals surface area (Å²) in [5, 5.41) is 0. The largest absolute Gasteiger partial charge is 0.330 e. The van der Waals surface area contributed by atoms with Gasteiger partial charge >= 0.3 is 0 Å². The van der Waals surface area contributed by atoms with Crippen LogP contribution in [-0.4, -0.2) is 18.8 Å². The van der Waals surface area contributed by atoms with E-state index in [4.69, 9.17) is 5.73 Å². The summed E-state index contributed by atoms with van der Waals surface area (Å²) in [6, 6.07) is 5.95. The molecule has 0 radical (unpaired) electrons. The topological polar surface area (TPSA) is 26.0 Å². The number of nitrogens with two attached hydrogens (primary N) is 1. The van der Waals surface area contributed by atoms with Gasteiger partial charge < -0.3 is 5.73 Å². The van der Waals surface area contributed by atoms with Crippen molar-refractivity contribution in [2.24, 2.45) is 5.73 Å². The summed E-state index contributed by atoms with van der Waals surface area (Å²) in [4.78, 5) is 2.23. The molecule has 1 aromatic rings. The number of benzene rings is 1. The van der Waals surface area contributed by atoms with Gasteiger partial charge in [-0.1, -0.05) is 11.8 Å². The zero-order valence-corrected chi connectivity index (χ0v) is 11.2. The number of rotatable bonds is 7. The van der Waals surface area contributed by atoms with Crippen molar-refractivity contribution in [2.75, 3.05) is 18.8 Å². The highest BCUT2D eigenvalue weighted by atomic mass is 32.2. The normalized spacial score (nSPS) is 10.7. The van der Waals surface area contributed by atoms with Crippen molar-refractivity contribution in [1.82, 2.24) is 0 Å². The number of unbranched alkanes of at least 4 members (excludes halogenated alkanes) is 1. The van der Waals surface area contributed by atoms with Crippen molar-refractivity contribution in [2.45, 2.75) is 29.1 Å². The van der Waals surface area contributed by atoms with Crippen LogP contribution in [0.1, 0.15) is 18.4 Å². The monoisotopic (exact) mass is 259 g/mol. The molecule has 1 rings (SSSR count). The molecule has 0 aliphatic carbocycles. The summed E-state index contributed by atoms with van der Waals surface area (Å²) >= 11 is 2.96. The van der Waals surface area contributed by atoms with E-state index in [2.05, 4.69) is 12.1 Å². The molecule has 16 heavy (non-hydrogen) atoms. The Kier molecular flexibility index (Phi) is 6.92. The number of thioether (sulfide) groups is 2. The summed E-state index contributed by atoms with van der Waals surface area (Å²) in [6.45, 7) is 0.744. The first-order chi connectivity index (χ1) is 7.80. The lowest BCUT2D eigenvalue weighted by Gasteiger charge is -2.07. The van der Waals surface area contributed by atoms with Crippen LogP contribution in [0, 0.1) is 0 Å². The van der Waals surface area contributed by atoms with Crippen LogP contribution in [0.5, 0.6) is 0 Å². The van der Waals surface area contributed by atoms with Crippen LogP contribution >= 0.6 is 23.5 Å². The van der Waals surface area contributed by atoms with Crippen LogP contribution in [-0.2, 0) is 6.42 Å². The van der Waals surface area contributed by atoms with Gasteiger partial charge in [-0.15, -0.1) is 11.8 Å². The predicted molar refractivity (Wildman–Crippen MR) is 72.0 cm³/mol. The third-order valence-corrected chi connectivity index (χ3v) is 3.70. The van der Waals surface area contributed by atoms with E-state index in [1.807, 2.05) is 12.3 Å². The molecule has 0 amide bonds. The summed E-state index contributed by atoms with van der Waals surface area (Å²) < 4.78 is 12.3. The van der Waals surface area contributed by atoms with E-state index in [1.165, 1.54) is 22.2 Å². The minimum Gasteiger partial charge on any atom is -0.330 e. The van der Waals surface area contributed by atoms with E-state index in [9.17, 15) is 4.39 Å². The van der Waals surface area contributed by atoms with Gasteiger partial charge in [0.05, 0.1) is 0 Å². The molecule has 1 aromatic carbocycles. The molecule has 0 aromatic heterocycles. The van der Waals surface area contributed by atoms with Crippen LogP contribution in [0.4, 0.5) is 4.39 Å². The van der Waals surface area contributed by atoms with Crippen molar-refractivity contribution in [3.05, 3.63) is 23.8 Å². The van der Waals surface area contributed by atoms with Crippen molar-refractivity contribution in [1.29, 1.82) is 0 Å². The fraction of sp³-hybridized carbons (Fsp3) is 0.500. The minimum atomic E-state index is -0.361. The first-order valence-electron chi connectivity index (χ1n) is 5.37. The second-order valence-electron chi connectivity index (χ2n) is 3.52. The number of alkyl halides is 1. The Morgan fingerprint density at radius 1 is 1.19 bits per heavy atom. The lowest BCUT2D eigenvalue weighted by molar-refractivity contribution is 0.605. The molecule has 0 aliphatic heterocycles. The first kappa shape index (κ1) is 13.9. The molecule has 0 atom stereocenters. The molecule has 0 fully saturated rings. The Morgan fingerprint density at radius 3 is 2.56 bits per heavy atom. The van der Waals surface area contributed by atoms with Gasteiger partial charge in [0, 0.05) is 9.79 Å². The van der Waals surface area contributed by atoms with Gasteiger partial charge in [0.25, 0.3) is 0 Å². The molecule has 4 heteroatoms. The molecular formula is C12H18FNS2. The molecule has 90 valence electrons. The van der Waals surface area contributed by atoms with E-state index < -0.39 is 0 Å². The lowest BCUT2D eigenvalue weighted by atomic mass is 10.1. The molecule has 0 unspecified atom stereocenters. The summed E-state index contributed by atoms with van der Waals surface area (Å²) in [6.07, 6.45) is 5.23. The Hall–Kier alpha value is -0.190. The number of aryl methyl sites for hydroxylation is 1. The minimum absolute atomic E-state index is 0.361. The summed E-state index contributed by atoms with van der Waals surface area (Å²) in [5.74, 6) is 0. The summed E-state index contributed by atoms with van der Waals surface area (Å²) in [7, 11) is 0. The molecule has 2 N–H and O–H groups in total. The second kappa shape index (κ2) is 7.98. The molecule has 0 saturated heterocycles. The van der Waals surface area contributed by atoms with E-state index in [0.717, 1.165) is 30.7 Å². The maximum Gasteiger partial charge on any atom is 0.139 e. The highest BCUT2D eigenvalue weighted by Crippen LogP contribution is 2.26. The van der Waals surface area contributed by atoms with Gasteiger partial charge in [-0.05, 0) is 55.8 Å². The zero-order valence-electron chi connectivity index (χ0n) is 9.54. The highest BCUT2D eigenvalue weighted by Gasteiger charge is 2.01. The van der Waals surface area contributed by atoms with Crippen LogP contribution in [0.25, 0.3) is 0 Å². The fourth-order valence-corrected chi connectivity index (χ4v) is 2.67. The maximum atomic E-state index is 12.3. The standard InChI is InChI=1S/C12H18FNS2/c1-15-11-6-10(4-2-3-5-14)7-12(8-11)16-9-13/h6-8H,2-5,9,14H2,1H3. The predicted octanol–water partition coefficient (Wildman–Crippen LogP) is 3.71. The van der Waals surface area contributed by atoms with Crippen molar-refractivity contribution < 1.29 is 4.39 Å². The van der Waals surface area contributed by atoms with Crippen LogP contribution < -0.4 is 5.73 Å². The molecule has 0 spiro atoms. The lowest BCUT2D eigenvalue weighted by Crippen LogP contribution is -1.99. The third kappa shape index (κ3) is 4.76. The zero-order chi connectivity index (χ0) is 11.8. The van der Waals surface area contributed by atoms with E-state index >= 15 is 0 Å². The molecule has 0 aliphatic rings. The fourth-order valence-electron chi connectivity index (χ4n) is 1.51. The van der Waals surface area contributed by atoms with Gasteiger partial charge in [-0.25, -0.2) is 4.39 Å². The Labute approximate surface area is 105 Å². The molecule has 0 saturated carbocycles. The molecule has 1 nitrogen and oxygen atoms in total. The van der Waals surface area contributed by atoms with Gasteiger partial charge in [0.15, 0.2) is 0 Å². The Morgan fingerprint density at radius 2 is 1.94 bits per heavy atom. The van der Waals surface area contributed by atoms with Crippen LogP contribution in [0.2, 0.25) is 0 Å². The Balaban J connectivity index is 2.69. The Bertz CT molecular complexity index is 318. The van der Waals surface area contributed by atoms with E-state index in [1.54, 1.807) is 11.8 Å². The average molecular weight is 259 g/mol. The average Bonchev–Trinajstić information content (AvgIpc) is 2.29. The van der Waals surface area contributed by atoms with Gasteiger partial charge in [-0.2, -0.15) is 0 Å². The highest BCUT2D eigenvalue weighted by molar-refractivity contribution is 7.99.